The number of hydrogen-bond acceptors (Lipinski definition) is 7. The summed E-state index contributed by atoms with van der Waals surface area (Å²) in [6.45, 7) is 5.97. The molecule has 1 saturated heterocycles. The van der Waals surface area contributed by atoms with Gasteiger partial charge in [0.05, 0.1) is 29.6 Å². The van der Waals surface area contributed by atoms with Crippen LogP contribution >= 0.6 is 0 Å². The number of ether oxygens (including phenoxy) is 2. The highest BCUT2D eigenvalue weighted by atomic mass is 16.5. The van der Waals surface area contributed by atoms with Crippen LogP contribution in [0.3, 0.4) is 0 Å². The molecule has 0 spiro atoms. The summed E-state index contributed by atoms with van der Waals surface area (Å²) < 4.78 is 11.3. The highest BCUT2D eigenvalue weighted by Crippen LogP contribution is 2.40. The predicted molar refractivity (Wildman–Crippen MR) is 124 cm³/mol. The van der Waals surface area contributed by atoms with Gasteiger partial charge in [0.25, 0.3) is 11.7 Å². The zero-order valence-electron chi connectivity index (χ0n) is 19.2. The Morgan fingerprint density at radius 2 is 2.09 bits per heavy atom. The molecule has 1 amide bonds. The second-order valence-electron chi connectivity index (χ2n) is 8.47. The van der Waals surface area contributed by atoms with E-state index in [0.717, 1.165) is 5.69 Å². The second kappa shape index (κ2) is 9.62. The number of Topliss-reactive ketones (excluding diaryl/α,β-unsaturated/α-hetero) is 1. The van der Waals surface area contributed by atoms with Gasteiger partial charge in [0.15, 0.2) is 0 Å². The van der Waals surface area contributed by atoms with Crippen molar-refractivity contribution in [3.05, 3.63) is 59.4 Å². The number of aliphatic hydroxyl groups excluding tert-OH is 1. The molecule has 1 aromatic heterocycles. The van der Waals surface area contributed by atoms with Crippen LogP contribution in [0.15, 0.2) is 48.2 Å². The zero-order chi connectivity index (χ0) is 23.5. The van der Waals surface area contributed by atoms with Crippen molar-refractivity contribution in [2.24, 2.45) is 0 Å². The maximum atomic E-state index is 13.1. The molecule has 1 aromatic carbocycles. The van der Waals surface area contributed by atoms with Crippen LogP contribution in [0.1, 0.15) is 37.6 Å². The molecular formula is C25H29N3O5. The largest absolute Gasteiger partial charge is 0.507 e. The third kappa shape index (κ3) is 4.57. The monoisotopic (exact) mass is 451 g/mol. The van der Waals surface area contributed by atoms with Crippen molar-refractivity contribution < 1.29 is 24.2 Å². The van der Waals surface area contributed by atoms with E-state index < -0.39 is 17.7 Å². The topological polar surface area (TPSA) is 92.2 Å². The summed E-state index contributed by atoms with van der Waals surface area (Å²) in [7, 11) is 1.94. The molecule has 2 aromatic rings. The number of likely N-dealkylation sites (tertiary alicyclic amines) is 1. The fourth-order valence-electron chi connectivity index (χ4n) is 4.16. The molecule has 0 saturated carbocycles. The van der Waals surface area contributed by atoms with Gasteiger partial charge in [-0.25, -0.2) is 0 Å². The number of aliphatic hydroxyl groups is 1. The first-order valence-corrected chi connectivity index (χ1v) is 11.2. The lowest BCUT2D eigenvalue weighted by molar-refractivity contribution is -0.140. The molecular weight excluding hydrogens is 422 g/mol. The lowest BCUT2D eigenvalue weighted by Crippen LogP contribution is -2.31. The molecule has 0 aliphatic carbocycles. The Balaban J connectivity index is 1.73. The quantitative estimate of drug-likeness (QED) is 0.299. The average Bonchev–Trinajstić information content (AvgIpc) is 3.07. The zero-order valence-corrected chi connectivity index (χ0v) is 19.2. The molecule has 174 valence electrons. The number of likely N-dealkylation sites (N-methyl/N-ethyl adjacent to an activating group) is 1. The molecule has 1 fully saturated rings. The lowest BCUT2D eigenvalue weighted by Gasteiger charge is -2.28. The number of carbonyl (C=O) groups is 2. The minimum atomic E-state index is -0.768. The SMILES string of the molecule is CC(C)OCCCN1C(=O)C(=O)/C(=C(\O)c2ccc3c(c2)N(C)CCO3)C1c1ccccn1. The summed E-state index contributed by atoms with van der Waals surface area (Å²) in [6.07, 6.45) is 2.26. The van der Waals surface area contributed by atoms with E-state index in [-0.39, 0.29) is 17.4 Å². The van der Waals surface area contributed by atoms with Crippen LogP contribution in [0.4, 0.5) is 5.69 Å². The Morgan fingerprint density at radius 1 is 1.27 bits per heavy atom. The minimum Gasteiger partial charge on any atom is -0.507 e. The van der Waals surface area contributed by atoms with Gasteiger partial charge in [-0.05, 0) is 50.6 Å². The molecule has 1 unspecified atom stereocenters. The van der Waals surface area contributed by atoms with Crippen LogP contribution in [-0.2, 0) is 14.3 Å². The van der Waals surface area contributed by atoms with Gasteiger partial charge in [0.1, 0.15) is 24.2 Å². The highest BCUT2D eigenvalue weighted by molar-refractivity contribution is 6.46. The van der Waals surface area contributed by atoms with Gasteiger partial charge in [-0.15, -0.1) is 0 Å². The van der Waals surface area contributed by atoms with Gasteiger partial charge < -0.3 is 24.4 Å². The Kier molecular flexibility index (Phi) is 6.65. The highest BCUT2D eigenvalue weighted by Gasteiger charge is 2.46. The van der Waals surface area contributed by atoms with Crippen molar-refractivity contribution in [2.75, 3.05) is 38.3 Å². The van der Waals surface area contributed by atoms with Crippen LogP contribution in [0.25, 0.3) is 5.76 Å². The maximum absolute atomic E-state index is 13.1. The summed E-state index contributed by atoms with van der Waals surface area (Å²) in [5.74, 6) is -0.857. The van der Waals surface area contributed by atoms with Crippen molar-refractivity contribution in [1.29, 1.82) is 0 Å². The fraction of sp³-hybridized carbons (Fsp3) is 0.400. The summed E-state index contributed by atoms with van der Waals surface area (Å²) in [6, 6.07) is 9.82. The number of fused-ring (bicyclic) bond motifs is 1. The molecule has 8 heteroatoms. The first kappa shape index (κ1) is 22.8. The van der Waals surface area contributed by atoms with E-state index in [1.54, 1.807) is 42.6 Å². The second-order valence-corrected chi connectivity index (χ2v) is 8.47. The molecule has 2 aliphatic rings. The van der Waals surface area contributed by atoms with Gasteiger partial charge in [-0.3, -0.25) is 14.6 Å². The van der Waals surface area contributed by atoms with Gasteiger partial charge in [-0.2, -0.15) is 0 Å². The summed E-state index contributed by atoms with van der Waals surface area (Å²) in [5.41, 5.74) is 1.84. The Hall–Kier alpha value is -3.39. The summed E-state index contributed by atoms with van der Waals surface area (Å²) in [5, 5.41) is 11.3. The number of rotatable bonds is 7. The lowest BCUT2D eigenvalue weighted by atomic mass is 9.97. The van der Waals surface area contributed by atoms with E-state index in [2.05, 4.69) is 4.98 Å². The number of anilines is 1. The molecule has 8 nitrogen and oxygen atoms in total. The smallest absolute Gasteiger partial charge is 0.295 e. The third-order valence-corrected chi connectivity index (χ3v) is 5.83. The van der Waals surface area contributed by atoms with Gasteiger partial charge in [0.2, 0.25) is 0 Å². The van der Waals surface area contributed by atoms with Crippen LogP contribution in [0.2, 0.25) is 0 Å². The van der Waals surface area contributed by atoms with E-state index in [4.69, 9.17) is 9.47 Å². The maximum Gasteiger partial charge on any atom is 0.295 e. The van der Waals surface area contributed by atoms with Crippen LogP contribution in [0.5, 0.6) is 5.75 Å². The number of amides is 1. The van der Waals surface area contributed by atoms with Gasteiger partial charge in [-0.1, -0.05) is 6.07 Å². The summed E-state index contributed by atoms with van der Waals surface area (Å²) >= 11 is 0. The van der Waals surface area contributed by atoms with Gasteiger partial charge in [0, 0.05) is 32.0 Å². The average molecular weight is 452 g/mol. The van der Waals surface area contributed by atoms with Crippen molar-refractivity contribution in [3.63, 3.8) is 0 Å². The Bertz CT molecular complexity index is 1070. The number of aromatic nitrogens is 1. The number of carbonyl (C=O) groups excluding carboxylic acids is 2. The van der Waals surface area contributed by atoms with E-state index in [9.17, 15) is 14.7 Å². The van der Waals surface area contributed by atoms with Crippen molar-refractivity contribution in [2.45, 2.75) is 32.4 Å². The van der Waals surface area contributed by atoms with E-state index in [0.29, 0.717) is 49.7 Å². The molecule has 0 radical (unpaired) electrons. The van der Waals surface area contributed by atoms with E-state index in [1.165, 1.54) is 4.90 Å². The fourth-order valence-corrected chi connectivity index (χ4v) is 4.16. The number of hydrogen-bond donors (Lipinski definition) is 1. The molecule has 33 heavy (non-hydrogen) atoms. The van der Waals surface area contributed by atoms with Crippen molar-refractivity contribution in [3.8, 4) is 5.75 Å². The van der Waals surface area contributed by atoms with Crippen molar-refractivity contribution in [1.82, 2.24) is 9.88 Å². The van der Waals surface area contributed by atoms with Crippen LogP contribution < -0.4 is 9.64 Å². The van der Waals surface area contributed by atoms with Crippen LogP contribution in [0, 0.1) is 0 Å². The Labute approximate surface area is 193 Å². The molecule has 3 heterocycles. The number of nitrogens with zero attached hydrogens (tertiary/aromatic N) is 3. The first-order valence-electron chi connectivity index (χ1n) is 11.2. The van der Waals surface area contributed by atoms with E-state index >= 15 is 0 Å². The normalized spacial score (nSPS) is 19.7. The molecule has 1 N–H and O–H groups in total. The standard InChI is InChI=1S/C25H29N3O5/c1-16(2)32-13-6-11-28-22(18-7-4-5-10-26-18)21(24(30)25(28)31)23(29)17-8-9-20-19(15-17)27(3)12-14-33-20/h4-5,7-10,15-16,22,29H,6,11-14H2,1-3H3/b23-21-. The molecule has 1 atom stereocenters. The molecule has 4 rings (SSSR count). The first-order chi connectivity index (χ1) is 15.9. The van der Waals surface area contributed by atoms with E-state index in [1.807, 2.05) is 25.8 Å². The number of pyridine rings is 1. The minimum absolute atomic E-state index is 0.0443. The molecule has 2 aliphatic heterocycles. The summed E-state index contributed by atoms with van der Waals surface area (Å²) in [4.78, 5) is 34.0. The number of benzene rings is 1. The van der Waals surface area contributed by atoms with Crippen LogP contribution in [-0.4, -0.2) is 66.1 Å². The number of ketones is 1. The predicted octanol–water partition coefficient (Wildman–Crippen LogP) is 3.15. The Morgan fingerprint density at radius 3 is 2.82 bits per heavy atom. The van der Waals surface area contributed by atoms with Crippen molar-refractivity contribution >= 4 is 23.1 Å². The third-order valence-electron chi connectivity index (χ3n) is 5.83. The van der Waals surface area contributed by atoms with Gasteiger partial charge >= 0.3 is 0 Å². The molecule has 0 bridgehead atoms.